The van der Waals surface area contributed by atoms with E-state index >= 15 is 0 Å². The normalized spacial score (nSPS) is 21.4. The van der Waals surface area contributed by atoms with Crippen molar-refractivity contribution in [3.05, 3.63) is 91.9 Å². The topological polar surface area (TPSA) is 102 Å². The van der Waals surface area contributed by atoms with Crippen LogP contribution >= 0.6 is 27.5 Å². The van der Waals surface area contributed by atoms with E-state index in [1.165, 1.54) is 30.4 Å². The molecule has 0 bridgehead atoms. The number of amides is 2. The maximum atomic E-state index is 13.7. The molecule has 9 nitrogen and oxygen atoms in total. The number of benzene rings is 3. The van der Waals surface area contributed by atoms with E-state index in [1.807, 2.05) is 0 Å². The van der Waals surface area contributed by atoms with Crippen LogP contribution in [0.2, 0.25) is 5.02 Å². The van der Waals surface area contributed by atoms with E-state index in [9.17, 15) is 19.7 Å². The molecule has 0 aliphatic carbocycles. The molecule has 3 aromatic carbocycles. The fourth-order valence-electron chi connectivity index (χ4n) is 4.48. The molecule has 2 amide bonds. The van der Waals surface area contributed by atoms with Crippen LogP contribution < -0.4 is 14.7 Å². The predicted octanol–water partition coefficient (Wildman–Crippen LogP) is 5.07. The number of methoxy groups -OCH3 is 1. The van der Waals surface area contributed by atoms with Gasteiger partial charge < -0.3 is 4.74 Å². The molecule has 0 N–H and O–H groups in total. The largest absolute Gasteiger partial charge is 0.496 e. The molecule has 0 spiro atoms. The summed E-state index contributed by atoms with van der Waals surface area (Å²) in [5.74, 6) is -1.44. The van der Waals surface area contributed by atoms with E-state index < -0.39 is 34.8 Å². The smallest absolute Gasteiger partial charge is 0.271 e. The third-order valence-corrected chi connectivity index (χ3v) is 6.75. The number of anilines is 2. The summed E-state index contributed by atoms with van der Waals surface area (Å²) >= 11 is 9.43. The zero-order chi connectivity index (χ0) is 24.9. The lowest BCUT2D eigenvalue weighted by molar-refractivity contribution is -0.384. The Bertz CT molecular complexity index is 1350. The molecule has 3 aromatic rings. The molecule has 11 heteroatoms. The fraction of sp³-hybridized carbons (Fsp3) is 0.167. The highest BCUT2D eigenvalue weighted by Crippen LogP contribution is 2.50. The molecule has 2 heterocycles. The van der Waals surface area contributed by atoms with Crippen LogP contribution in [-0.2, 0) is 14.4 Å². The van der Waals surface area contributed by atoms with Gasteiger partial charge in [0.2, 0.25) is 5.91 Å². The molecule has 2 fully saturated rings. The first-order valence-corrected chi connectivity index (χ1v) is 11.6. The lowest BCUT2D eigenvalue weighted by Crippen LogP contribution is -2.37. The second-order valence-electron chi connectivity index (χ2n) is 7.97. The van der Waals surface area contributed by atoms with Crippen molar-refractivity contribution in [3.8, 4) is 5.75 Å². The van der Waals surface area contributed by atoms with E-state index in [0.717, 1.165) is 9.37 Å². The summed E-state index contributed by atoms with van der Waals surface area (Å²) in [6.45, 7) is 0. The predicted molar refractivity (Wildman–Crippen MR) is 131 cm³/mol. The molecule has 5 rings (SSSR count). The second-order valence-corrected chi connectivity index (χ2v) is 9.33. The Morgan fingerprint density at radius 1 is 1.03 bits per heavy atom. The average molecular weight is 559 g/mol. The summed E-state index contributed by atoms with van der Waals surface area (Å²) in [6, 6.07) is 16.7. The molecular weight excluding hydrogens is 542 g/mol. The monoisotopic (exact) mass is 557 g/mol. The van der Waals surface area contributed by atoms with Gasteiger partial charge in [0.15, 0.2) is 6.10 Å². The maximum absolute atomic E-state index is 13.7. The number of nitrogens with zero attached hydrogens (tertiary/aromatic N) is 3. The second kappa shape index (κ2) is 8.95. The highest BCUT2D eigenvalue weighted by Gasteiger charge is 2.60. The summed E-state index contributed by atoms with van der Waals surface area (Å²) in [5.41, 5.74) is 1.15. The summed E-state index contributed by atoms with van der Waals surface area (Å²) in [7, 11) is 1.50. The van der Waals surface area contributed by atoms with Crippen molar-refractivity contribution in [1.29, 1.82) is 0 Å². The minimum absolute atomic E-state index is 0.149. The van der Waals surface area contributed by atoms with Crippen LogP contribution in [0, 0.1) is 16.0 Å². The number of fused-ring (bicyclic) bond motifs is 1. The van der Waals surface area contributed by atoms with Crippen LogP contribution in [0.4, 0.5) is 17.1 Å². The molecule has 2 saturated heterocycles. The Hall–Kier alpha value is -3.47. The van der Waals surface area contributed by atoms with Gasteiger partial charge in [-0.05, 0) is 48.5 Å². The molecular formula is C24H17BrClN3O6. The van der Waals surface area contributed by atoms with Crippen LogP contribution in [0.5, 0.6) is 5.75 Å². The maximum Gasteiger partial charge on any atom is 0.271 e. The van der Waals surface area contributed by atoms with Crippen LogP contribution in [0.1, 0.15) is 11.6 Å². The van der Waals surface area contributed by atoms with Crippen LogP contribution in [0.15, 0.2) is 71.2 Å². The number of carbonyl (C=O) groups is 2. The lowest BCUT2D eigenvalue weighted by Gasteiger charge is -2.29. The van der Waals surface area contributed by atoms with Gasteiger partial charge in [0, 0.05) is 27.2 Å². The van der Waals surface area contributed by atoms with Crippen molar-refractivity contribution in [1.82, 2.24) is 0 Å². The molecule has 0 unspecified atom stereocenters. The third-order valence-electron chi connectivity index (χ3n) is 6.01. The number of rotatable bonds is 5. The number of hydroxylamine groups is 1. The number of nitro groups is 1. The summed E-state index contributed by atoms with van der Waals surface area (Å²) in [6.07, 6.45) is -1.13. The van der Waals surface area contributed by atoms with Crippen LogP contribution in [-0.4, -0.2) is 30.0 Å². The van der Waals surface area contributed by atoms with E-state index in [4.69, 9.17) is 21.2 Å². The summed E-state index contributed by atoms with van der Waals surface area (Å²) < 4.78 is 6.28. The minimum atomic E-state index is -1.13. The van der Waals surface area contributed by atoms with Crippen molar-refractivity contribution >= 4 is 56.4 Å². The first-order chi connectivity index (χ1) is 16.8. The summed E-state index contributed by atoms with van der Waals surface area (Å²) in [4.78, 5) is 45.1. The van der Waals surface area contributed by atoms with Gasteiger partial charge in [-0.25, -0.2) is 9.96 Å². The van der Waals surface area contributed by atoms with E-state index in [1.54, 1.807) is 48.5 Å². The fourth-order valence-corrected chi connectivity index (χ4v) is 4.98. The Labute approximate surface area is 213 Å². The SMILES string of the molecule is COc1ccc(Br)cc1[C@@H]1[C@@H]2C(=O)N(c3ccc(Cl)cc3)C(=O)[C@H]2ON1c1cccc([N+](=O)[O-])c1. The van der Waals surface area contributed by atoms with Crippen molar-refractivity contribution < 1.29 is 24.1 Å². The van der Waals surface area contributed by atoms with E-state index in [-0.39, 0.29) is 5.69 Å². The lowest BCUT2D eigenvalue weighted by atomic mass is 9.90. The Morgan fingerprint density at radius 2 is 1.77 bits per heavy atom. The number of halogens is 2. The molecule has 0 radical (unpaired) electrons. The first-order valence-electron chi connectivity index (χ1n) is 10.5. The highest BCUT2D eigenvalue weighted by molar-refractivity contribution is 9.10. The Morgan fingerprint density at radius 3 is 2.46 bits per heavy atom. The molecule has 2 aliphatic rings. The third kappa shape index (κ3) is 3.93. The number of carbonyl (C=O) groups excluding carboxylic acids is 2. The van der Waals surface area contributed by atoms with E-state index in [0.29, 0.717) is 27.7 Å². The molecule has 0 aromatic heterocycles. The van der Waals surface area contributed by atoms with Gasteiger partial charge >= 0.3 is 0 Å². The average Bonchev–Trinajstić information content (AvgIpc) is 3.36. The Kier molecular flexibility index (Phi) is 5.96. The molecule has 178 valence electrons. The van der Waals surface area contributed by atoms with Crippen molar-refractivity contribution in [2.75, 3.05) is 17.1 Å². The molecule has 2 aliphatic heterocycles. The number of non-ortho nitro benzene ring substituents is 1. The standard InChI is InChI=1S/C24H17BrClN3O6/c1-34-19-10-5-13(25)11-18(19)21-20-22(35-28(21)16-3-2-4-17(12-16)29(32)33)24(31)27(23(20)30)15-8-6-14(26)7-9-15/h2-12,20-22H,1H3/t20-,21+,22-/m0/s1. The Balaban J connectivity index is 1.64. The van der Waals surface area contributed by atoms with Gasteiger partial charge in [-0.3, -0.25) is 24.5 Å². The van der Waals surface area contributed by atoms with Crippen LogP contribution in [0.3, 0.4) is 0 Å². The highest BCUT2D eigenvalue weighted by atomic mass is 79.9. The van der Waals surface area contributed by atoms with Gasteiger partial charge in [-0.1, -0.05) is 33.6 Å². The van der Waals surface area contributed by atoms with Gasteiger partial charge in [-0.15, -0.1) is 0 Å². The van der Waals surface area contributed by atoms with Crippen LogP contribution in [0.25, 0.3) is 0 Å². The van der Waals surface area contributed by atoms with Gasteiger partial charge in [-0.2, -0.15) is 0 Å². The first kappa shape index (κ1) is 23.3. The minimum Gasteiger partial charge on any atom is -0.496 e. The zero-order valence-corrected chi connectivity index (χ0v) is 20.5. The number of hydrogen-bond acceptors (Lipinski definition) is 7. The van der Waals surface area contributed by atoms with Crippen molar-refractivity contribution in [2.45, 2.75) is 12.1 Å². The number of hydrogen-bond donors (Lipinski definition) is 0. The number of imide groups is 1. The van der Waals surface area contributed by atoms with Crippen molar-refractivity contribution in [3.63, 3.8) is 0 Å². The molecule has 0 saturated carbocycles. The quantitative estimate of drug-likeness (QED) is 0.245. The van der Waals surface area contributed by atoms with Gasteiger partial charge in [0.1, 0.15) is 11.7 Å². The zero-order valence-electron chi connectivity index (χ0n) is 18.1. The molecule has 35 heavy (non-hydrogen) atoms. The number of ether oxygens (including phenoxy) is 1. The molecule has 3 atom stereocenters. The van der Waals surface area contributed by atoms with E-state index in [2.05, 4.69) is 15.9 Å². The van der Waals surface area contributed by atoms with Crippen molar-refractivity contribution in [2.24, 2.45) is 5.92 Å². The van der Waals surface area contributed by atoms with Gasteiger partial charge in [0.05, 0.1) is 29.4 Å². The van der Waals surface area contributed by atoms with Gasteiger partial charge in [0.25, 0.3) is 11.6 Å². The summed E-state index contributed by atoms with van der Waals surface area (Å²) in [5, 5.41) is 13.2. The number of nitro benzene ring substituents is 1.